The maximum atomic E-state index is 5.48. The van der Waals surface area contributed by atoms with Crippen LogP contribution in [0.25, 0.3) is 0 Å². The fourth-order valence-corrected chi connectivity index (χ4v) is 2.20. The summed E-state index contributed by atoms with van der Waals surface area (Å²) in [7, 11) is 0. The van der Waals surface area contributed by atoms with Gasteiger partial charge in [0.25, 0.3) is 0 Å². The van der Waals surface area contributed by atoms with E-state index in [-0.39, 0.29) is 0 Å². The Balaban J connectivity index is 1.82. The molecule has 1 saturated heterocycles. The van der Waals surface area contributed by atoms with Gasteiger partial charge in [0.05, 0.1) is 6.61 Å². The molecule has 0 bridgehead atoms. The maximum absolute atomic E-state index is 5.48. The van der Waals surface area contributed by atoms with Crippen molar-refractivity contribution in [3.63, 3.8) is 0 Å². The normalized spacial score (nSPS) is 41.7. The first kappa shape index (κ1) is 7.56. The Labute approximate surface area is 68.3 Å². The summed E-state index contributed by atoms with van der Waals surface area (Å²) in [6.45, 7) is 6.34. The lowest BCUT2D eigenvalue weighted by atomic mass is 10.00. The first-order valence-electron chi connectivity index (χ1n) is 4.66. The van der Waals surface area contributed by atoms with Crippen LogP contribution in [0.1, 0.15) is 19.8 Å². The van der Waals surface area contributed by atoms with Crippen LogP contribution in [0, 0.1) is 11.3 Å². The van der Waals surface area contributed by atoms with E-state index in [1.54, 1.807) is 0 Å². The molecule has 2 atom stereocenters. The van der Waals surface area contributed by atoms with Crippen LogP contribution in [-0.4, -0.2) is 26.3 Å². The highest BCUT2D eigenvalue weighted by atomic mass is 16.5. The zero-order valence-corrected chi connectivity index (χ0v) is 7.23. The van der Waals surface area contributed by atoms with Gasteiger partial charge in [0.2, 0.25) is 0 Å². The van der Waals surface area contributed by atoms with Crippen molar-refractivity contribution in [3.8, 4) is 0 Å². The molecule has 0 spiro atoms. The minimum Gasteiger partial charge on any atom is -0.381 e. The van der Waals surface area contributed by atoms with Gasteiger partial charge >= 0.3 is 0 Å². The highest BCUT2D eigenvalue weighted by Crippen LogP contribution is 2.55. The van der Waals surface area contributed by atoms with E-state index < -0.39 is 0 Å². The van der Waals surface area contributed by atoms with Crippen LogP contribution in [0.4, 0.5) is 0 Å². The van der Waals surface area contributed by atoms with Gasteiger partial charge in [-0.25, -0.2) is 0 Å². The number of fused-ring (bicyclic) bond motifs is 1. The second kappa shape index (κ2) is 2.76. The Bertz CT molecular complexity index is 148. The molecule has 2 aliphatic rings. The number of rotatable bonds is 3. The number of hydrogen-bond acceptors (Lipinski definition) is 2. The molecule has 0 aromatic heterocycles. The summed E-state index contributed by atoms with van der Waals surface area (Å²) in [6.07, 6.45) is 2.77. The summed E-state index contributed by atoms with van der Waals surface area (Å²) >= 11 is 0. The van der Waals surface area contributed by atoms with Crippen molar-refractivity contribution in [1.82, 2.24) is 5.32 Å². The van der Waals surface area contributed by atoms with Gasteiger partial charge < -0.3 is 10.1 Å². The van der Waals surface area contributed by atoms with E-state index in [1.165, 1.54) is 25.9 Å². The topological polar surface area (TPSA) is 21.3 Å². The van der Waals surface area contributed by atoms with Gasteiger partial charge in [-0.15, -0.1) is 0 Å². The lowest BCUT2D eigenvalue weighted by Gasteiger charge is -2.22. The van der Waals surface area contributed by atoms with Crippen molar-refractivity contribution in [3.05, 3.63) is 0 Å². The molecule has 0 amide bonds. The van der Waals surface area contributed by atoms with E-state index >= 15 is 0 Å². The molecule has 1 aliphatic heterocycles. The summed E-state index contributed by atoms with van der Waals surface area (Å²) in [5.41, 5.74) is 0.564. The fraction of sp³-hybridized carbons (Fsp3) is 1.00. The molecule has 1 heterocycles. The SMILES string of the molecule is CCOCC12CNCCC1C2. The molecule has 1 N–H and O–H groups in total. The lowest BCUT2D eigenvalue weighted by Crippen LogP contribution is -2.34. The van der Waals surface area contributed by atoms with Gasteiger partial charge in [-0.1, -0.05) is 0 Å². The van der Waals surface area contributed by atoms with Crippen LogP contribution in [-0.2, 0) is 4.74 Å². The molecule has 11 heavy (non-hydrogen) atoms. The van der Waals surface area contributed by atoms with E-state index in [0.717, 1.165) is 19.1 Å². The highest BCUT2D eigenvalue weighted by Gasteiger charge is 2.54. The van der Waals surface area contributed by atoms with E-state index in [9.17, 15) is 0 Å². The van der Waals surface area contributed by atoms with E-state index in [1.807, 2.05) is 0 Å². The third kappa shape index (κ3) is 1.30. The van der Waals surface area contributed by atoms with Gasteiger partial charge in [0, 0.05) is 18.6 Å². The highest BCUT2D eigenvalue weighted by molar-refractivity contribution is 5.06. The average Bonchev–Trinajstić information content (AvgIpc) is 2.75. The summed E-state index contributed by atoms with van der Waals surface area (Å²) < 4.78 is 5.48. The van der Waals surface area contributed by atoms with Crippen molar-refractivity contribution in [2.75, 3.05) is 26.3 Å². The summed E-state index contributed by atoms with van der Waals surface area (Å²) in [4.78, 5) is 0. The van der Waals surface area contributed by atoms with E-state index in [0.29, 0.717) is 5.41 Å². The summed E-state index contributed by atoms with van der Waals surface area (Å²) in [6, 6.07) is 0. The van der Waals surface area contributed by atoms with Crippen molar-refractivity contribution in [2.45, 2.75) is 19.8 Å². The molecule has 0 radical (unpaired) electrons. The molecule has 2 heteroatoms. The van der Waals surface area contributed by atoms with Crippen molar-refractivity contribution >= 4 is 0 Å². The number of hydrogen-bond donors (Lipinski definition) is 1. The van der Waals surface area contributed by atoms with Crippen LogP contribution in [0.2, 0.25) is 0 Å². The largest absolute Gasteiger partial charge is 0.381 e. The Morgan fingerprint density at radius 1 is 1.64 bits per heavy atom. The molecule has 0 aromatic carbocycles. The van der Waals surface area contributed by atoms with Crippen molar-refractivity contribution < 1.29 is 4.74 Å². The first-order chi connectivity index (χ1) is 5.37. The molecule has 1 saturated carbocycles. The van der Waals surface area contributed by atoms with Gasteiger partial charge in [0.15, 0.2) is 0 Å². The smallest absolute Gasteiger partial charge is 0.0537 e. The van der Waals surface area contributed by atoms with Crippen LogP contribution in [0.15, 0.2) is 0 Å². The Morgan fingerprint density at radius 3 is 3.27 bits per heavy atom. The zero-order valence-electron chi connectivity index (χ0n) is 7.23. The van der Waals surface area contributed by atoms with Crippen LogP contribution in [0.5, 0.6) is 0 Å². The third-order valence-electron chi connectivity index (χ3n) is 3.10. The van der Waals surface area contributed by atoms with E-state index in [4.69, 9.17) is 4.74 Å². The predicted molar refractivity (Wildman–Crippen MR) is 44.5 cm³/mol. The Kier molecular flexibility index (Phi) is 1.90. The molecular formula is C9H17NO. The monoisotopic (exact) mass is 155 g/mol. The first-order valence-corrected chi connectivity index (χ1v) is 4.66. The molecular weight excluding hydrogens is 138 g/mol. The summed E-state index contributed by atoms with van der Waals surface area (Å²) in [5, 5.41) is 3.45. The van der Waals surface area contributed by atoms with Gasteiger partial charge in [-0.2, -0.15) is 0 Å². The molecule has 2 rings (SSSR count). The molecule has 2 unspecified atom stereocenters. The number of ether oxygens (including phenoxy) is 1. The van der Waals surface area contributed by atoms with E-state index in [2.05, 4.69) is 12.2 Å². The standard InChI is InChI=1S/C9H17NO/c1-2-11-7-9-5-8(9)3-4-10-6-9/h8,10H,2-7H2,1H3. The van der Waals surface area contributed by atoms with Gasteiger partial charge in [0.1, 0.15) is 0 Å². The molecule has 2 fully saturated rings. The Hall–Kier alpha value is -0.0800. The molecule has 64 valence electrons. The Morgan fingerprint density at radius 2 is 2.55 bits per heavy atom. The second-order valence-corrected chi connectivity index (χ2v) is 3.87. The van der Waals surface area contributed by atoms with Crippen LogP contribution in [0.3, 0.4) is 0 Å². The van der Waals surface area contributed by atoms with Crippen molar-refractivity contribution in [2.24, 2.45) is 11.3 Å². The predicted octanol–water partition coefficient (Wildman–Crippen LogP) is 1.02. The number of piperidine rings is 1. The summed E-state index contributed by atoms with van der Waals surface area (Å²) in [5.74, 6) is 0.982. The zero-order chi connectivity index (χ0) is 7.73. The van der Waals surface area contributed by atoms with Crippen LogP contribution >= 0.6 is 0 Å². The van der Waals surface area contributed by atoms with Gasteiger partial charge in [-0.3, -0.25) is 0 Å². The fourth-order valence-electron chi connectivity index (χ4n) is 2.20. The minimum absolute atomic E-state index is 0.564. The number of nitrogens with one attached hydrogen (secondary N) is 1. The molecule has 2 nitrogen and oxygen atoms in total. The second-order valence-electron chi connectivity index (χ2n) is 3.87. The molecule has 1 aliphatic carbocycles. The quantitative estimate of drug-likeness (QED) is 0.657. The minimum atomic E-state index is 0.564. The van der Waals surface area contributed by atoms with Gasteiger partial charge in [-0.05, 0) is 32.2 Å². The van der Waals surface area contributed by atoms with Crippen molar-refractivity contribution in [1.29, 1.82) is 0 Å². The maximum Gasteiger partial charge on any atom is 0.0537 e. The lowest BCUT2D eigenvalue weighted by molar-refractivity contribution is 0.0871. The van der Waals surface area contributed by atoms with Crippen LogP contribution < -0.4 is 5.32 Å². The molecule has 0 aromatic rings. The third-order valence-corrected chi connectivity index (χ3v) is 3.10. The average molecular weight is 155 g/mol.